The lowest BCUT2D eigenvalue weighted by Crippen LogP contribution is -2.47. The number of nitrogens with zero attached hydrogens (tertiary/aromatic N) is 2. The molecule has 1 fully saturated rings. The van der Waals surface area contributed by atoms with E-state index >= 15 is 0 Å². The van der Waals surface area contributed by atoms with Crippen LogP contribution in [0.3, 0.4) is 0 Å². The maximum Gasteiger partial charge on any atom is 0.252 e. The summed E-state index contributed by atoms with van der Waals surface area (Å²) in [6.45, 7) is 6.73. The van der Waals surface area contributed by atoms with Crippen LogP contribution in [-0.4, -0.2) is 54.0 Å². The first-order valence-electron chi connectivity index (χ1n) is 7.68. The number of hydrogen-bond donors (Lipinski definition) is 3. The van der Waals surface area contributed by atoms with E-state index in [9.17, 15) is 9.59 Å². The number of aromatic amines is 1. The molecule has 1 aromatic rings. The first-order valence-corrected chi connectivity index (χ1v) is 7.68. The second-order valence-electron chi connectivity index (χ2n) is 6.28. The van der Waals surface area contributed by atoms with Gasteiger partial charge in [-0.15, -0.1) is 0 Å². The molecular weight excluding hydrogens is 282 g/mol. The van der Waals surface area contributed by atoms with E-state index in [0.29, 0.717) is 24.7 Å². The maximum absolute atomic E-state index is 12.3. The minimum atomic E-state index is -0.275. The second kappa shape index (κ2) is 6.91. The van der Waals surface area contributed by atoms with Gasteiger partial charge < -0.3 is 15.5 Å². The number of rotatable bonds is 5. The molecule has 1 amide bonds. The number of nitrogens with one attached hydrogen (secondary N) is 3. The van der Waals surface area contributed by atoms with E-state index in [0.717, 1.165) is 25.9 Å². The molecule has 0 unspecified atom stereocenters. The number of aromatic nitrogens is 2. The molecule has 0 bridgehead atoms. The molecule has 2 heterocycles. The van der Waals surface area contributed by atoms with Crippen molar-refractivity contribution in [2.24, 2.45) is 5.41 Å². The minimum absolute atomic E-state index is 0.105. The molecule has 0 spiro atoms. The van der Waals surface area contributed by atoms with Crippen LogP contribution >= 0.6 is 0 Å². The Labute approximate surface area is 130 Å². The topological polar surface area (TPSA) is 90.1 Å². The average Bonchev–Trinajstić information content (AvgIpc) is 2.45. The van der Waals surface area contributed by atoms with Gasteiger partial charge in [-0.25, -0.2) is 4.98 Å². The lowest BCUT2D eigenvalue weighted by atomic mass is 9.79. The average molecular weight is 307 g/mol. The molecule has 0 aliphatic carbocycles. The Morgan fingerprint density at radius 2 is 2.09 bits per heavy atom. The molecule has 0 radical (unpaired) electrons. The Kier molecular flexibility index (Phi) is 5.18. The van der Waals surface area contributed by atoms with Crippen molar-refractivity contribution in [2.45, 2.75) is 26.7 Å². The number of hydrogen-bond acceptors (Lipinski definition) is 5. The Morgan fingerprint density at radius 1 is 1.41 bits per heavy atom. The minimum Gasteiger partial charge on any atom is -0.354 e. The molecule has 122 valence electrons. The van der Waals surface area contributed by atoms with Gasteiger partial charge >= 0.3 is 0 Å². The van der Waals surface area contributed by atoms with Gasteiger partial charge in [0.2, 0.25) is 11.9 Å². The molecule has 7 heteroatoms. The Morgan fingerprint density at radius 3 is 2.73 bits per heavy atom. The molecular formula is C15H25N5O2. The molecule has 22 heavy (non-hydrogen) atoms. The van der Waals surface area contributed by atoms with Crippen LogP contribution in [0.2, 0.25) is 0 Å². The zero-order valence-electron chi connectivity index (χ0n) is 13.5. The highest BCUT2D eigenvalue weighted by atomic mass is 16.2. The first kappa shape index (κ1) is 16.5. The fourth-order valence-corrected chi connectivity index (χ4v) is 2.57. The molecule has 1 saturated heterocycles. The number of H-pyrrole nitrogens is 1. The summed E-state index contributed by atoms with van der Waals surface area (Å²) in [5.41, 5.74) is 0.203. The van der Waals surface area contributed by atoms with Crippen LogP contribution in [0.4, 0.5) is 5.95 Å². The van der Waals surface area contributed by atoms with Crippen molar-refractivity contribution in [2.75, 3.05) is 38.5 Å². The van der Waals surface area contributed by atoms with Gasteiger partial charge in [0.25, 0.3) is 5.56 Å². The molecule has 7 nitrogen and oxygen atoms in total. The number of likely N-dealkylation sites (tertiary alicyclic amines) is 1. The van der Waals surface area contributed by atoms with Gasteiger partial charge in [0.05, 0.1) is 0 Å². The van der Waals surface area contributed by atoms with Gasteiger partial charge in [0.15, 0.2) is 0 Å². The quantitative estimate of drug-likeness (QED) is 0.683. The largest absolute Gasteiger partial charge is 0.354 e. The predicted molar refractivity (Wildman–Crippen MR) is 85.9 cm³/mol. The number of carbonyl (C=O) groups is 1. The predicted octanol–water partition coefficient (Wildman–Crippen LogP) is 0.338. The molecule has 0 aromatic carbocycles. The molecule has 2 rings (SSSR count). The Balaban J connectivity index is 1.76. The van der Waals surface area contributed by atoms with Crippen LogP contribution in [0.15, 0.2) is 10.9 Å². The van der Waals surface area contributed by atoms with Gasteiger partial charge in [0, 0.05) is 30.3 Å². The summed E-state index contributed by atoms with van der Waals surface area (Å²) in [6, 6.07) is 1.44. The van der Waals surface area contributed by atoms with Crippen LogP contribution in [0.5, 0.6) is 0 Å². The Bertz CT molecular complexity index is 576. The lowest BCUT2D eigenvalue weighted by molar-refractivity contribution is -0.132. The molecule has 0 atom stereocenters. The number of piperidine rings is 1. The van der Waals surface area contributed by atoms with Crippen molar-refractivity contribution in [3.8, 4) is 0 Å². The van der Waals surface area contributed by atoms with E-state index < -0.39 is 0 Å². The summed E-state index contributed by atoms with van der Waals surface area (Å²) in [7, 11) is 2.08. The lowest BCUT2D eigenvalue weighted by Gasteiger charge is -2.36. The SMILES string of the molecule is Cc1cc(=O)[nH]c(NCCNC(=O)C2(C)CCN(C)CC2)n1. The van der Waals surface area contributed by atoms with Gasteiger partial charge in [-0.05, 0) is 39.9 Å². The maximum atomic E-state index is 12.3. The van der Waals surface area contributed by atoms with Crippen LogP contribution in [0.1, 0.15) is 25.5 Å². The molecule has 0 saturated carbocycles. The van der Waals surface area contributed by atoms with Crippen molar-refractivity contribution in [3.63, 3.8) is 0 Å². The highest BCUT2D eigenvalue weighted by Crippen LogP contribution is 2.30. The normalized spacial score (nSPS) is 18.0. The van der Waals surface area contributed by atoms with Crippen LogP contribution in [-0.2, 0) is 4.79 Å². The van der Waals surface area contributed by atoms with Crippen molar-refractivity contribution < 1.29 is 4.79 Å². The monoisotopic (exact) mass is 307 g/mol. The van der Waals surface area contributed by atoms with Gasteiger partial charge in [-0.1, -0.05) is 6.92 Å². The summed E-state index contributed by atoms with van der Waals surface area (Å²) in [4.78, 5) is 32.7. The molecule has 1 aliphatic heterocycles. The van der Waals surface area contributed by atoms with E-state index in [4.69, 9.17) is 0 Å². The third-order valence-electron chi connectivity index (χ3n) is 4.21. The van der Waals surface area contributed by atoms with E-state index in [1.54, 1.807) is 6.92 Å². The number of anilines is 1. The first-order chi connectivity index (χ1) is 10.4. The number of aryl methyl sites for hydroxylation is 1. The second-order valence-corrected chi connectivity index (χ2v) is 6.28. The van der Waals surface area contributed by atoms with Crippen LogP contribution < -0.4 is 16.2 Å². The summed E-state index contributed by atoms with van der Waals surface area (Å²) in [6.07, 6.45) is 1.77. The van der Waals surface area contributed by atoms with Gasteiger partial charge in [-0.2, -0.15) is 0 Å². The fraction of sp³-hybridized carbons (Fsp3) is 0.667. The highest BCUT2D eigenvalue weighted by molar-refractivity contribution is 5.82. The number of amides is 1. The zero-order chi connectivity index (χ0) is 16.2. The number of carbonyl (C=O) groups excluding carboxylic acids is 1. The molecule has 1 aromatic heterocycles. The summed E-state index contributed by atoms with van der Waals surface area (Å²) in [5.74, 6) is 0.540. The third kappa shape index (κ3) is 4.30. The molecule has 3 N–H and O–H groups in total. The van der Waals surface area contributed by atoms with E-state index in [1.807, 2.05) is 6.92 Å². The standard InChI is InChI=1S/C15H25N5O2/c1-11-10-12(21)19-14(18-11)17-7-6-16-13(22)15(2)4-8-20(3)9-5-15/h10H,4-9H2,1-3H3,(H,16,22)(H2,17,18,19,21). The van der Waals surface area contributed by atoms with E-state index in [-0.39, 0.29) is 16.9 Å². The molecule has 1 aliphatic rings. The van der Waals surface area contributed by atoms with E-state index in [2.05, 4.69) is 32.5 Å². The summed E-state index contributed by atoms with van der Waals surface area (Å²) >= 11 is 0. The van der Waals surface area contributed by atoms with Crippen molar-refractivity contribution in [1.29, 1.82) is 0 Å². The van der Waals surface area contributed by atoms with Crippen LogP contribution in [0, 0.1) is 12.3 Å². The van der Waals surface area contributed by atoms with Crippen molar-refractivity contribution in [1.82, 2.24) is 20.2 Å². The van der Waals surface area contributed by atoms with Gasteiger partial charge in [-0.3, -0.25) is 14.6 Å². The van der Waals surface area contributed by atoms with Crippen molar-refractivity contribution in [3.05, 3.63) is 22.1 Å². The van der Waals surface area contributed by atoms with Gasteiger partial charge in [0.1, 0.15) is 0 Å². The smallest absolute Gasteiger partial charge is 0.252 e. The fourth-order valence-electron chi connectivity index (χ4n) is 2.57. The zero-order valence-corrected chi connectivity index (χ0v) is 13.5. The van der Waals surface area contributed by atoms with Crippen LogP contribution in [0.25, 0.3) is 0 Å². The third-order valence-corrected chi connectivity index (χ3v) is 4.21. The highest BCUT2D eigenvalue weighted by Gasteiger charge is 2.35. The summed E-state index contributed by atoms with van der Waals surface area (Å²) < 4.78 is 0. The van der Waals surface area contributed by atoms with E-state index in [1.165, 1.54) is 6.07 Å². The summed E-state index contributed by atoms with van der Waals surface area (Å²) in [5, 5.41) is 5.98. The Hall–Kier alpha value is -1.89. The van der Waals surface area contributed by atoms with Crippen molar-refractivity contribution >= 4 is 11.9 Å².